The Kier molecular flexibility index (Phi) is 4.70. The van der Waals surface area contributed by atoms with Crippen molar-refractivity contribution in [3.05, 3.63) is 23.8 Å². The Balaban J connectivity index is 1.90. The predicted octanol–water partition coefficient (Wildman–Crippen LogP) is 1.51. The van der Waals surface area contributed by atoms with Crippen molar-refractivity contribution in [3.63, 3.8) is 0 Å². The van der Waals surface area contributed by atoms with Gasteiger partial charge >= 0.3 is 0 Å². The summed E-state index contributed by atoms with van der Waals surface area (Å²) in [5, 5.41) is 0. The monoisotopic (exact) mass is 276 g/mol. The second-order valence-electron chi connectivity index (χ2n) is 6.06. The second kappa shape index (κ2) is 6.31. The molecule has 0 bridgehead atoms. The minimum Gasteiger partial charge on any atom is -0.349 e. The number of carbonyl (C=O) groups is 1. The van der Waals surface area contributed by atoms with Crippen LogP contribution in [0.1, 0.15) is 37.6 Å². The van der Waals surface area contributed by atoms with Gasteiger partial charge in [-0.25, -0.2) is 9.97 Å². The molecule has 0 saturated carbocycles. The van der Waals surface area contributed by atoms with Crippen molar-refractivity contribution < 1.29 is 4.79 Å². The molecule has 5 nitrogen and oxygen atoms in total. The van der Waals surface area contributed by atoms with Crippen molar-refractivity contribution in [1.82, 2.24) is 19.8 Å². The minimum absolute atomic E-state index is 0.140. The van der Waals surface area contributed by atoms with E-state index in [2.05, 4.69) is 28.7 Å². The quantitative estimate of drug-likeness (QED) is 0.836. The Morgan fingerprint density at radius 1 is 1.40 bits per heavy atom. The second-order valence-corrected chi connectivity index (χ2v) is 6.06. The number of rotatable bonds is 4. The number of nitrogens with zero attached hydrogens (tertiary/aromatic N) is 4. The molecule has 5 heteroatoms. The lowest BCUT2D eigenvalue weighted by molar-refractivity contribution is -0.132. The van der Waals surface area contributed by atoms with Crippen molar-refractivity contribution in [3.8, 4) is 0 Å². The third-order valence-electron chi connectivity index (χ3n) is 3.71. The lowest BCUT2D eigenvalue weighted by Crippen LogP contribution is -2.31. The van der Waals surface area contributed by atoms with Crippen LogP contribution in [0.3, 0.4) is 0 Å². The Morgan fingerprint density at radius 2 is 2.05 bits per heavy atom. The molecule has 1 unspecified atom stereocenters. The molecule has 20 heavy (non-hydrogen) atoms. The van der Waals surface area contributed by atoms with E-state index in [4.69, 9.17) is 0 Å². The molecular formula is C15H24N4O. The SMILES string of the molecule is CC(C)c1ncc(CN2CCC(C(=O)N(C)C)C2)cn1. The van der Waals surface area contributed by atoms with E-state index < -0.39 is 0 Å². The van der Waals surface area contributed by atoms with E-state index in [1.54, 1.807) is 4.90 Å². The molecule has 1 amide bonds. The summed E-state index contributed by atoms with van der Waals surface area (Å²) in [6.07, 6.45) is 4.76. The standard InChI is InChI=1S/C15H24N4O/c1-11(2)14-16-7-12(8-17-14)9-19-6-5-13(10-19)15(20)18(3)4/h7-8,11,13H,5-6,9-10H2,1-4H3. The third-order valence-corrected chi connectivity index (χ3v) is 3.71. The van der Waals surface area contributed by atoms with E-state index in [0.717, 1.165) is 37.4 Å². The summed E-state index contributed by atoms with van der Waals surface area (Å²) in [6.45, 7) is 6.81. The van der Waals surface area contributed by atoms with Gasteiger partial charge in [-0.1, -0.05) is 13.8 Å². The van der Waals surface area contributed by atoms with Crippen LogP contribution in [-0.4, -0.2) is 52.9 Å². The van der Waals surface area contributed by atoms with Gasteiger partial charge in [0, 0.05) is 51.1 Å². The largest absolute Gasteiger partial charge is 0.349 e. The first kappa shape index (κ1) is 14.9. The minimum atomic E-state index is 0.140. The highest BCUT2D eigenvalue weighted by Gasteiger charge is 2.29. The van der Waals surface area contributed by atoms with E-state index in [0.29, 0.717) is 5.92 Å². The first-order valence-corrected chi connectivity index (χ1v) is 7.21. The van der Waals surface area contributed by atoms with Gasteiger partial charge in [0.15, 0.2) is 0 Å². The van der Waals surface area contributed by atoms with Crippen LogP contribution in [0.15, 0.2) is 12.4 Å². The molecular weight excluding hydrogens is 252 g/mol. The van der Waals surface area contributed by atoms with Gasteiger partial charge in [0.05, 0.1) is 5.92 Å². The molecule has 1 saturated heterocycles. The smallest absolute Gasteiger partial charge is 0.226 e. The van der Waals surface area contributed by atoms with Gasteiger partial charge in [-0.05, 0) is 13.0 Å². The van der Waals surface area contributed by atoms with Crippen LogP contribution < -0.4 is 0 Å². The maximum Gasteiger partial charge on any atom is 0.226 e. The fraction of sp³-hybridized carbons (Fsp3) is 0.667. The number of likely N-dealkylation sites (tertiary alicyclic amines) is 1. The first-order valence-electron chi connectivity index (χ1n) is 7.21. The number of hydrogen-bond donors (Lipinski definition) is 0. The first-order chi connectivity index (χ1) is 9.47. The van der Waals surface area contributed by atoms with Crippen LogP contribution >= 0.6 is 0 Å². The summed E-state index contributed by atoms with van der Waals surface area (Å²) in [4.78, 5) is 24.7. The fourth-order valence-corrected chi connectivity index (χ4v) is 2.55. The highest BCUT2D eigenvalue weighted by atomic mass is 16.2. The number of hydrogen-bond acceptors (Lipinski definition) is 4. The fourth-order valence-electron chi connectivity index (χ4n) is 2.55. The third kappa shape index (κ3) is 3.54. The van der Waals surface area contributed by atoms with E-state index >= 15 is 0 Å². The van der Waals surface area contributed by atoms with Crippen LogP contribution in [0.25, 0.3) is 0 Å². The molecule has 0 aliphatic carbocycles. The maximum atomic E-state index is 11.9. The van der Waals surface area contributed by atoms with Gasteiger partial charge in [-0.15, -0.1) is 0 Å². The molecule has 1 atom stereocenters. The lowest BCUT2D eigenvalue weighted by Gasteiger charge is -2.18. The summed E-state index contributed by atoms with van der Waals surface area (Å²) in [5.74, 6) is 1.62. The van der Waals surface area contributed by atoms with Gasteiger partial charge < -0.3 is 4.90 Å². The lowest BCUT2D eigenvalue weighted by atomic mass is 10.1. The highest BCUT2D eigenvalue weighted by molar-refractivity contribution is 5.78. The Hall–Kier alpha value is -1.49. The Labute approximate surface area is 121 Å². The molecule has 0 spiro atoms. The van der Waals surface area contributed by atoms with Crippen molar-refractivity contribution >= 4 is 5.91 Å². The average Bonchev–Trinajstić information content (AvgIpc) is 2.86. The van der Waals surface area contributed by atoms with Gasteiger partial charge in [-0.2, -0.15) is 0 Å². The normalized spacial score (nSPS) is 19.6. The molecule has 0 radical (unpaired) electrons. The summed E-state index contributed by atoms with van der Waals surface area (Å²) in [7, 11) is 3.65. The molecule has 1 aliphatic heterocycles. The predicted molar refractivity (Wildman–Crippen MR) is 78.2 cm³/mol. The summed E-state index contributed by atoms with van der Waals surface area (Å²) in [6, 6.07) is 0. The number of carbonyl (C=O) groups excluding carboxylic acids is 1. The zero-order chi connectivity index (χ0) is 14.7. The summed E-state index contributed by atoms with van der Waals surface area (Å²) in [5.41, 5.74) is 1.12. The van der Waals surface area contributed by atoms with Crippen LogP contribution in [0.5, 0.6) is 0 Å². The topological polar surface area (TPSA) is 49.3 Å². The summed E-state index contributed by atoms with van der Waals surface area (Å²) < 4.78 is 0. The molecule has 110 valence electrons. The van der Waals surface area contributed by atoms with E-state index in [1.807, 2.05) is 26.5 Å². The average molecular weight is 276 g/mol. The van der Waals surface area contributed by atoms with Crippen molar-refractivity contribution in [2.75, 3.05) is 27.2 Å². The molecule has 0 N–H and O–H groups in total. The van der Waals surface area contributed by atoms with Crippen molar-refractivity contribution in [2.45, 2.75) is 32.7 Å². The van der Waals surface area contributed by atoms with E-state index in [1.165, 1.54) is 0 Å². The zero-order valence-corrected chi connectivity index (χ0v) is 12.8. The van der Waals surface area contributed by atoms with Gasteiger partial charge in [-0.3, -0.25) is 9.69 Å². The zero-order valence-electron chi connectivity index (χ0n) is 12.8. The van der Waals surface area contributed by atoms with Gasteiger partial charge in [0.1, 0.15) is 5.82 Å². The molecule has 0 aromatic carbocycles. The van der Waals surface area contributed by atoms with Crippen LogP contribution in [0.4, 0.5) is 0 Å². The molecule has 2 heterocycles. The molecule has 1 aromatic heterocycles. The van der Waals surface area contributed by atoms with E-state index in [9.17, 15) is 4.79 Å². The van der Waals surface area contributed by atoms with Crippen LogP contribution in [-0.2, 0) is 11.3 Å². The Bertz CT molecular complexity index is 455. The molecule has 2 rings (SSSR count). The van der Waals surface area contributed by atoms with Crippen molar-refractivity contribution in [1.29, 1.82) is 0 Å². The van der Waals surface area contributed by atoms with Crippen LogP contribution in [0, 0.1) is 5.92 Å². The molecule has 1 fully saturated rings. The van der Waals surface area contributed by atoms with Crippen molar-refractivity contribution in [2.24, 2.45) is 5.92 Å². The number of amides is 1. The highest BCUT2D eigenvalue weighted by Crippen LogP contribution is 2.20. The molecule has 1 aromatic rings. The number of aromatic nitrogens is 2. The Morgan fingerprint density at radius 3 is 2.60 bits per heavy atom. The van der Waals surface area contributed by atoms with E-state index in [-0.39, 0.29) is 11.8 Å². The molecule has 1 aliphatic rings. The maximum absolute atomic E-state index is 11.9. The van der Waals surface area contributed by atoms with Gasteiger partial charge in [0.25, 0.3) is 0 Å². The summed E-state index contributed by atoms with van der Waals surface area (Å²) >= 11 is 0. The van der Waals surface area contributed by atoms with Crippen LogP contribution in [0.2, 0.25) is 0 Å². The van der Waals surface area contributed by atoms with Gasteiger partial charge in [0.2, 0.25) is 5.91 Å².